The van der Waals surface area contributed by atoms with E-state index in [9.17, 15) is 9.59 Å². The van der Waals surface area contributed by atoms with Crippen LogP contribution in [0.25, 0.3) is 0 Å². The number of rotatable bonds is 4. The van der Waals surface area contributed by atoms with E-state index in [0.29, 0.717) is 44.0 Å². The lowest BCUT2D eigenvalue weighted by molar-refractivity contribution is -0.141. The van der Waals surface area contributed by atoms with E-state index in [1.807, 2.05) is 12.1 Å². The van der Waals surface area contributed by atoms with Crippen molar-refractivity contribution in [2.24, 2.45) is 5.92 Å². The van der Waals surface area contributed by atoms with Crippen molar-refractivity contribution in [3.05, 3.63) is 22.2 Å². The average molecular weight is 384 g/mol. The van der Waals surface area contributed by atoms with Crippen LogP contribution in [0.3, 0.4) is 0 Å². The van der Waals surface area contributed by atoms with Gasteiger partial charge in [0.15, 0.2) is 11.5 Å². The maximum absolute atomic E-state index is 12.2. The van der Waals surface area contributed by atoms with Crippen molar-refractivity contribution in [1.29, 1.82) is 0 Å². The Kier molecular flexibility index (Phi) is 4.75. The van der Waals surface area contributed by atoms with Gasteiger partial charge in [-0.25, -0.2) is 0 Å². The molecule has 3 rings (SSSR count). The zero-order valence-corrected chi connectivity index (χ0v) is 14.1. The first kappa shape index (κ1) is 16.1. The van der Waals surface area contributed by atoms with Gasteiger partial charge in [-0.2, -0.15) is 0 Å². The number of carboxylic acids is 1. The molecule has 23 heavy (non-hydrogen) atoms. The van der Waals surface area contributed by atoms with Crippen molar-refractivity contribution in [2.75, 3.05) is 13.2 Å². The lowest BCUT2D eigenvalue weighted by atomic mass is 10.1. The van der Waals surface area contributed by atoms with E-state index >= 15 is 0 Å². The monoisotopic (exact) mass is 383 g/mol. The number of hydrogen-bond acceptors (Lipinski definition) is 4. The Bertz CT molecular complexity index is 633. The molecule has 1 saturated carbocycles. The number of amides is 1. The van der Waals surface area contributed by atoms with Gasteiger partial charge in [-0.15, -0.1) is 0 Å². The number of nitrogens with one attached hydrogen (secondary N) is 1. The van der Waals surface area contributed by atoms with E-state index in [4.69, 9.17) is 14.6 Å². The molecule has 2 N–H and O–H groups in total. The predicted octanol–water partition coefficient (Wildman–Crippen LogP) is 2.13. The topological polar surface area (TPSA) is 84.9 Å². The summed E-state index contributed by atoms with van der Waals surface area (Å²) in [5.41, 5.74) is 0.819. The summed E-state index contributed by atoms with van der Waals surface area (Å²) in [5.74, 6) is 0.0810. The number of hydrogen-bond donors (Lipinski definition) is 2. The Morgan fingerprint density at radius 1 is 1.22 bits per heavy atom. The summed E-state index contributed by atoms with van der Waals surface area (Å²) in [6.07, 6.45) is 2.05. The van der Waals surface area contributed by atoms with Crippen LogP contribution in [-0.4, -0.2) is 36.2 Å². The first-order valence-corrected chi connectivity index (χ1v) is 8.42. The molecule has 1 aliphatic carbocycles. The fourth-order valence-corrected chi connectivity index (χ4v) is 3.49. The molecule has 1 heterocycles. The van der Waals surface area contributed by atoms with Crippen molar-refractivity contribution in [3.63, 3.8) is 0 Å². The second-order valence-electron chi connectivity index (χ2n) is 5.88. The number of fused-ring (bicyclic) bond motifs is 1. The average Bonchev–Trinajstić information content (AvgIpc) is 2.96. The van der Waals surface area contributed by atoms with Crippen molar-refractivity contribution in [2.45, 2.75) is 31.7 Å². The van der Waals surface area contributed by atoms with Crippen LogP contribution in [0.5, 0.6) is 11.5 Å². The van der Waals surface area contributed by atoms with E-state index in [1.165, 1.54) is 0 Å². The Labute approximate surface area is 142 Å². The largest absolute Gasteiger partial charge is 0.486 e. The molecular weight excluding hydrogens is 366 g/mol. The molecule has 2 atom stereocenters. The van der Waals surface area contributed by atoms with E-state index in [0.717, 1.165) is 10.0 Å². The molecule has 1 aromatic carbocycles. The van der Waals surface area contributed by atoms with Gasteiger partial charge in [0.2, 0.25) is 5.91 Å². The van der Waals surface area contributed by atoms with Gasteiger partial charge in [0.05, 0.1) is 12.3 Å². The summed E-state index contributed by atoms with van der Waals surface area (Å²) in [6.45, 7) is 1.02. The highest BCUT2D eigenvalue weighted by atomic mass is 79.9. The first-order chi connectivity index (χ1) is 11.0. The van der Waals surface area contributed by atoms with Crippen molar-refractivity contribution in [1.82, 2.24) is 5.32 Å². The molecule has 0 bridgehead atoms. The Hall–Kier alpha value is -1.76. The molecule has 0 spiro atoms. The Morgan fingerprint density at radius 3 is 2.57 bits per heavy atom. The van der Waals surface area contributed by atoms with Crippen LogP contribution in [-0.2, 0) is 16.0 Å². The third kappa shape index (κ3) is 3.77. The molecule has 124 valence electrons. The SMILES string of the molecule is O=C(Cc1cc2c(cc1Br)OCCO2)N[C@@H]1CC[C@H](C(=O)O)C1. The lowest BCUT2D eigenvalue weighted by Crippen LogP contribution is -2.34. The van der Waals surface area contributed by atoms with Gasteiger partial charge in [-0.3, -0.25) is 9.59 Å². The quantitative estimate of drug-likeness (QED) is 0.831. The van der Waals surface area contributed by atoms with Crippen molar-refractivity contribution >= 4 is 27.8 Å². The molecular formula is C16H18BrNO5. The zero-order chi connectivity index (χ0) is 16.4. The fourth-order valence-electron chi connectivity index (χ4n) is 3.03. The second-order valence-corrected chi connectivity index (χ2v) is 6.73. The Morgan fingerprint density at radius 2 is 1.91 bits per heavy atom. The van der Waals surface area contributed by atoms with Gasteiger partial charge in [-0.1, -0.05) is 15.9 Å². The summed E-state index contributed by atoms with van der Waals surface area (Å²) in [5, 5.41) is 11.9. The van der Waals surface area contributed by atoms with Crippen LogP contribution >= 0.6 is 15.9 Å². The second kappa shape index (κ2) is 6.78. The van der Waals surface area contributed by atoms with Gasteiger partial charge in [0.1, 0.15) is 13.2 Å². The van der Waals surface area contributed by atoms with Gasteiger partial charge in [0.25, 0.3) is 0 Å². The van der Waals surface area contributed by atoms with E-state index < -0.39 is 5.97 Å². The maximum atomic E-state index is 12.2. The molecule has 1 aliphatic heterocycles. The van der Waals surface area contributed by atoms with Gasteiger partial charge in [-0.05, 0) is 37.0 Å². The van der Waals surface area contributed by atoms with Gasteiger partial charge < -0.3 is 19.9 Å². The molecule has 0 unspecified atom stereocenters. The first-order valence-electron chi connectivity index (χ1n) is 7.63. The van der Waals surface area contributed by atoms with Crippen molar-refractivity contribution < 1.29 is 24.2 Å². The zero-order valence-electron chi connectivity index (χ0n) is 12.5. The maximum Gasteiger partial charge on any atom is 0.306 e. The van der Waals surface area contributed by atoms with E-state index in [-0.39, 0.29) is 24.3 Å². The van der Waals surface area contributed by atoms with Crippen LogP contribution < -0.4 is 14.8 Å². The van der Waals surface area contributed by atoms with Crippen molar-refractivity contribution in [3.8, 4) is 11.5 Å². The molecule has 7 heteroatoms. The van der Waals surface area contributed by atoms with Crippen LogP contribution in [0.15, 0.2) is 16.6 Å². The highest BCUT2D eigenvalue weighted by Gasteiger charge is 2.30. The summed E-state index contributed by atoms with van der Waals surface area (Å²) in [7, 11) is 0. The molecule has 0 saturated heterocycles. The van der Waals surface area contributed by atoms with Gasteiger partial charge >= 0.3 is 5.97 Å². The molecule has 2 aliphatic rings. The third-order valence-corrected chi connectivity index (χ3v) is 4.95. The molecule has 0 radical (unpaired) electrons. The molecule has 1 aromatic rings. The van der Waals surface area contributed by atoms with Gasteiger partial charge in [0, 0.05) is 10.5 Å². The number of benzene rings is 1. The number of carbonyl (C=O) groups is 2. The fraction of sp³-hybridized carbons (Fsp3) is 0.500. The molecule has 1 amide bonds. The molecule has 0 aromatic heterocycles. The minimum Gasteiger partial charge on any atom is -0.486 e. The van der Waals surface area contributed by atoms with E-state index in [2.05, 4.69) is 21.2 Å². The van der Waals surface area contributed by atoms with E-state index in [1.54, 1.807) is 0 Å². The number of carbonyl (C=O) groups excluding carboxylic acids is 1. The summed E-state index contributed by atoms with van der Waals surface area (Å²) < 4.78 is 11.8. The number of carboxylic acid groups (broad SMARTS) is 1. The van der Waals surface area contributed by atoms with Crippen LogP contribution in [0.2, 0.25) is 0 Å². The predicted molar refractivity (Wildman–Crippen MR) is 85.7 cm³/mol. The van der Waals surface area contributed by atoms with Crippen LogP contribution in [0.4, 0.5) is 0 Å². The standard InChI is InChI=1S/C16H18BrNO5/c17-12-8-14-13(22-3-4-23-14)6-10(12)7-15(19)18-11-2-1-9(5-11)16(20)21/h6,8-9,11H,1-5,7H2,(H,18,19)(H,20,21)/t9-,11+/m0/s1. The minimum absolute atomic E-state index is 0.0559. The number of halogens is 1. The molecule has 6 nitrogen and oxygen atoms in total. The summed E-state index contributed by atoms with van der Waals surface area (Å²) in [4.78, 5) is 23.2. The number of ether oxygens (including phenoxy) is 2. The lowest BCUT2D eigenvalue weighted by Gasteiger charge is -2.20. The highest BCUT2D eigenvalue weighted by Crippen LogP contribution is 2.35. The highest BCUT2D eigenvalue weighted by molar-refractivity contribution is 9.10. The smallest absolute Gasteiger partial charge is 0.306 e. The summed E-state index contributed by atoms with van der Waals surface area (Å²) in [6, 6.07) is 3.57. The Balaban J connectivity index is 1.61. The summed E-state index contributed by atoms with van der Waals surface area (Å²) >= 11 is 3.45. The third-order valence-electron chi connectivity index (χ3n) is 4.21. The minimum atomic E-state index is -0.781. The molecule has 1 fully saturated rings. The van der Waals surface area contributed by atoms with Crippen LogP contribution in [0, 0.1) is 5.92 Å². The number of aliphatic carboxylic acids is 1. The van der Waals surface area contributed by atoms with Crippen LogP contribution in [0.1, 0.15) is 24.8 Å². The normalized spacial score (nSPS) is 22.7.